The third kappa shape index (κ3) is 4.43. The lowest BCUT2D eigenvalue weighted by Gasteiger charge is -2.61. The molecule has 0 unspecified atom stereocenters. The molecule has 4 aliphatic carbocycles. The van der Waals surface area contributed by atoms with E-state index in [0.29, 0.717) is 31.5 Å². The molecule has 39 heavy (non-hydrogen) atoms. The van der Waals surface area contributed by atoms with Crippen molar-refractivity contribution in [1.29, 1.82) is 0 Å². The first-order valence-electron chi connectivity index (χ1n) is 15.4. The molecule has 3 fully saturated rings. The third-order valence-corrected chi connectivity index (χ3v) is 12.0. The SMILES string of the molecule is CCO[C@@H]1O[C@@H]([C@@H](O)C(C)(C)OCC)C[C@@H]1[C@@H]1CC=C2[C@@H]3[C@H](O)C[C@H]4C(C)(C)C(=O)C=C[C@]4(C)[C@H]3CC[C@]21C. The van der Waals surface area contributed by atoms with Crippen LogP contribution in [0.1, 0.15) is 87.5 Å². The van der Waals surface area contributed by atoms with Crippen LogP contribution in [-0.4, -0.2) is 59.4 Å². The van der Waals surface area contributed by atoms with Gasteiger partial charge in [-0.25, -0.2) is 0 Å². The molecule has 11 atom stereocenters. The summed E-state index contributed by atoms with van der Waals surface area (Å²) in [7, 11) is 0. The van der Waals surface area contributed by atoms with Crippen molar-refractivity contribution in [2.24, 2.45) is 45.8 Å². The minimum atomic E-state index is -0.746. The van der Waals surface area contributed by atoms with Gasteiger partial charge in [0.2, 0.25) is 0 Å². The lowest BCUT2D eigenvalue weighted by Crippen LogP contribution is -2.59. The molecule has 6 heteroatoms. The van der Waals surface area contributed by atoms with Crippen molar-refractivity contribution in [3.63, 3.8) is 0 Å². The van der Waals surface area contributed by atoms with Gasteiger partial charge in [-0.3, -0.25) is 4.79 Å². The molecule has 0 amide bonds. The Balaban J connectivity index is 1.41. The van der Waals surface area contributed by atoms with Gasteiger partial charge in [0.1, 0.15) is 6.10 Å². The standard InChI is InChI=1S/C33H52O6/c1-9-37-29-19(17-24(39-29)28(36)31(5,6)38-10-2)20-11-12-21-27-22(13-15-32(20,21)7)33(8)16-14-26(35)30(3,4)25(33)18-23(27)34/h12,14,16,19-20,22-25,27-29,34,36H,9-11,13,15,17-18H2,1-8H3/t19-,20+,22+,23-,24-,25+,27+,28-,29-,32+,33-/m1/s1. The summed E-state index contributed by atoms with van der Waals surface area (Å²) < 4.78 is 18.5. The number of hydrogen-bond acceptors (Lipinski definition) is 6. The molecule has 2 N–H and O–H groups in total. The van der Waals surface area contributed by atoms with Crippen LogP contribution in [0, 0.1) is 45.8 Å². The molecule has 1 aliphatic heterocycles. The first-order chi connectivity index (χ1) is 18.2. The number of aliphatic hydroxyl groups excluding tert-OH is 2. The lowest BCUT2D eigenvalue weighted by molar-refractivity contribution is -0.199. The molecule has 2 saturated carbocycles. The van der Waals surface area contributed by atoms with Crippen LogP contribution in [0.25, 0.3) is 0 Å². The van der Waals surface area contributed by atoms with E-state index in [1.54, 1.807) is 0 Å². The fourth-order valence-corrected chi connectivity index (χ4v) is 9.83. The van der Waals surface area contributed by atoms with Gasteiger partial charge in [-0.15, -0.1) is 0 Å². The zero-order valence-corrected chi connectivity index (χ0v) is 25.4. The summed E-state index contributed by atoms with van der Waals surface area (Å²) in [5, 5.41) is 23.0. The zero-order valence-electron chi connectivity index (χ0n) is 25.4. The van der Waals surface area contributed by atoms with Crippen molar-refractivity contribution in [2.45, 2.75) is 118 Å². The van der Waals surface area contributed by atoms with Gasteiger partial charge in [-0.1, -0.05) is 45.4 Å². The quantitative estimate of drug-likeness (QED) is 0.414. The van der Waals surface area contributed by atoms with Crippen molar-refractivity contribution in [2.75, 3.05) is 13.2 Å². The molecule has 0 aromatic rings. The number of rotatable bonds is 7. The number of carbonyl (C=O) groups excluding carboxylic acids is 1. The van der Waals surface area contributed by atoms with Crippen LogP contribution < -0.4 is 0 Å². The lowest BCUT2D eigenvalue weighted by atomic mass is 9.43. The Hall–Kier alpha value is -1.05. The Bertz CT molecular complexity index is 1010. The summed E-state index contributed by atoms with van der Waals surface area (Å²) in [6.45, 7) is 17.8. The van der Waals surface area contributed by atoms with Gasteiger partial charge in [0.05, 0.1) is 17.8 Å². The number of hydrogen-bond donors (Lipinski definition) is 2. The Morgan fingerprint density at radius 3 is 2.51 bits per heavy atom. The van der Waals surface area contributed by atoms with E-state index in [4.69, 9.17) is 14.2 Å². The summed E-state index contributed by atoms with van der Waals surface area (Å²) in [6, 6.07) is 0. The Morgan fingerprint density at radius 2 is 1.85 bits per heavy atom. The summed E-state index contributed by atoms with van der Waals surface area (Å²) in [5.74, 6) is 1.24. The highest BCUT2D eigenvalue weighted by Gasteiger charge is 2.64. The number of fused-ring (bicyclic) bond motifs is 5. The number of carbonyl (C=O) groups is 1. The number of ether oxygens (including phenoxy) is 3. The molecule has 1 heterocycles. The fourth-order valence-electron chi connectivity index (χ4n) is 9.83. The van der Waals surface area contributed by atoms with E-state index in [9.17, 15) is 15.0 Å². The van der Waals surface area contributed by atoms with Crippen LogP contribution in [0.15, 0.2) is 23.8 Å². The van der Waals surface area contributed by atoms with Crippen LogP contribution in [0.5, 0.6) is 0 Å². The topological polar surface area (TPSA) is 85.2 Å². The maximum atomic E-state index is 12.8. The minimum absolute atomic E-state index is 0.0479. The van der Waals surface area contributed by atoms with Gasteiger partial charge in [-0.2, -0.15) is 0 Å². The first-order valence-corrected chi connectivity index (χ1v) is 15.4. The molecule has 0 radical (unpaired) electrons. The molecule has 0 aromatic carbocycles. The molecule has 1 saturated heterocycles. The van der Waals surface area contributed by atoms with Gasteiger partial charge in [0.15, 0.2) is 12.1 Å². The van der Waals surface area contributed by atoms with Crippen molar-refractivity contribution in [3.05, 3.63) is 23.8 Å². The van der Waals surface area contributed by atoms with Gasteiger partial charge in [0, 0.05) is 30.5 Å². The average molecular weight is 545 g/mol. The Kier molecular flexibility index (Phi) is 7.58. The second-order valence-corrected chi connectivity index (χ2v) is 14.6. The highest BCUT2D eigenvalue weighted by molar-refractivity contribution is 5.95. The summed E-state index contributed by atoms with van der Waals surface area (Å²) in [4.78, 5) is 12.8. The first kappa shape index (κ1) is 29.4. The van der Waals surface area contributed by atoms with E-state index in [-0.39, 0.29) is 46.8 Å². The third-order valence-electron chi connectivity index (χ3n) is 12.0. The van der Waals surface area contributed by atoms with Crippen LogP contribution >= 0.6 is 0 Å². The van der Waals surface area contributed by atoms with E-state index in [1.165, 1.54) is 5.57 Å². The summed E-state index contributed by atoms with van der Waals surface area (Å²) in [6.07, 6.45) is 8.96. The van der Waals surface area contributed by atoms with Gasteiger partial charge < -0.3 is 24.4 Å². The average Bonchev–Trinajstić information content (AvgIpc) is 3.43. The van der Waals surface area contributed by atoms with E-state index in [0.717, 1.165) is 25.7 Å². The van der Waals surface area contributed by atoms with Crippen LogP contribution in [-0.2, 0) is 19.0 Å². The van der Waals surface area contributed by atoms with E-state index in [2.05, 4.69) is 39.8 Å². The maximum Gasteiger partial charge on any atom is 0.161 e. The Labute approximate surface area is 235 Å². The monoisotopic (exact) mass is 544 g/mol. The van der Waals surface area contributed by atoms with E-state index < -0.39 is 23.2 Å². The minimum Gasteiger partial charge on any atom is -0.392 e. The molecule has 0 bridgehead atoms. The molecule has 0 spiro atoms. The van der Waals surface area contributed by atoms with Crippen molar-refractivity contribution >= 4 is 5.78 Å². The molecule has 6 nitrogen and oxygen atoms in total. The Morgan fingerprint density at radius 1 is 1.13 bits per heavy atom. The summed E-state index contributed by atoms with van der Waals surface area (Å²) >= 11 is 0. The highest BCUT2D eigenvalue weighted by atomic mass is 16.7. The molecule has 5 rings (SSSR count). The van der Waals surface area contributed by atoms with Crippen LogP contribution in [0.4, 0.5) is 0 Å². The van der Waals surface area contributed by atoms with E-state index >= 15 is 0 Å². The fraction of sp³-hybridized carbons (Fsp3) is 0.848. The largest absolute Gasteiger partial charge is 0.392 e. The maximum absolute atomic E-state index is 12.8. The van der Waals surface area contributed by atoms with Crippen molar-refractivity contribution < 1.29 is 29.2 Å². The predicted octanol–water partition coefficient (Wildman–Crippen LogP) is 5.46. The number of allylic oxidation sites excluding steroid dienone is 3. The highest BCUT2D eigenvalue weighted by Crippen LogP contribution is 2.68. The van der Waals surface area contributed by atoms with Crippen LogP contribution in [0.3, 0.4) is 0 Å². The van der Waals surface area contributed by atoms with Crippen molar-refractivity contribution in [1.82, 2.24) is 0 Å². The molecule has 5 aliphatic rings. The van der Waals surface area contributed by atoms with E-state index in [1.807, 2.05) is 33.8 Å². The van der Waals surface area contributed by atoms with Gasteiger partial charge in [-0.05, 0) is 94.5 Å². The molecule has 220 valence electrons. The summed E-state index contributed by atoms with van der Waals surface area (Å²) in [5.41, 5.74) is 0.0971. The number of ketones is 1. The molecular formula is C33H52O6. The smallest absolute Gasteiger partial charge is 0.161 e. The normalized spacial score (nSPS) is 45.9. The van der Waals surface area contributed by atoms with Crippen molar-refractivity contribution in [3.8, 4) is 0 Å². The molecule has 0 aromatic heterocycles. The molecular weight excluding hydrogens is 492 g/mol. The second kappa shape index (κ2) is 10.0. The number of aliphatic hydroxyl groups is 2. The van der Waals surface area contributed by atoms with Gasteiger partial charge in [0.25, 0.3) is 0 Å². The second-order valence-electron chi connectivity index (χ2n) is 14.6. The van der Waals surface area contributed by atoms with Gasteiger partial charge >= 0.3 is 0 Å². The zero-order chi connectivity index (χ0) is 28.5. The predicted molar refractivity (Wildman–Crippen MR) is 151 cm³/mol. The van der Waals surface area contributed by atoms with Crippen LogP contribution in [0.2, 0.25) is 0 Å².